The number of hydrogen-bond donors (Lipinski definition) is 0. The van der Waals surface area contributed by atoms with Crippen molar-refractivity contribution in [2.45, 2.75) is 5.92 Å². The van der Waals surface area contributed by atoms with Gasteiger partial charge in [0, 0.05) is 22.3 Å². The molecule has 0 bridgehead atoms. The number of rotatable bonds is 3. The van der Waals surface area contributed by atoms with Crippen molar-refractivity contribution in [1.29, 1.82) is 0 Å². The number of pyridine rings is 1. The lowest BCUT2D eigenvalue weighted by Crippen LogP contribution is -2.14. The van der Waals surface area contributed by atoms with Crippen molar-refractivity contribution in [3.8, 4) is 33.6 Å². The predicted octanol–water partition coefficient (Wildman–Crippen LogP) is 8.93. The second-order valence-corrected chi connectivity index (χ2v) is 11.1. The van der Waals surface area contributed by atoms with Crippen LogP contribution in [-0.4, -0.2) is 9.38 Å². The van der Waals surface area contributed by atoms with Gasteiger partial charge < -0.3 is 0 Å². The first kappa shape index (κ1) is 23.2. The van der Waals surface area contributed by atoms with Gasteiger partial charge in [0.25, 0.3) is 5.56 Å². The molecule has 0 radical (unpaired) electrons. The topological polar surface area (TPSA) is 34.4 Å². The summed E-state index contributed by atoms with van der Waals surface area (Å²) in [6, 6.07) is 48.4. The summed E-state index contributed by atoms with van der Waals surface area (Å²) in [5, 5.41) is 2.73. The van der Waals surface area contributed by atoms with E-state index >= 15 is 0 Å². The minimum absolute atomic E-state index is 0.00634. The Hall–Kier alpha value is -5.54. The summed E-state index contributed by atoms with van der Waals surface area (Å²) in [6.45, 7) is 0. The first-order valence-corrected chi connectivity index (χ1v) is 14.3. The molecule has 1 unspecified atom stereocenters. The van der Waals surface area contributed by atoms with Gasteiger partial charge in [0.1, 0.15) is 5.82 Å². The molecule has 42 heavy (non-hydrogen) atoms. The van der Waals surface area contributed by atoms with E-state index in [9.17, 15) is 4.79 Å². The molecule has 2 aromatic heterocycles. The molecule has 0 N–H and O–H groups in total. The van der Waals surface area contributed by atoms with Gasteiger partial charge in [0.05, 0.1) is 11.0 Å². The number of nitrogens with zero attached hydrogens (tertiary/aromatic N) is 2. The maximum Gasteiger partial charge on any atom is 0.264 e. The lowest BCUT2D eigenvalue weighted by Gasteiger charge is -2.17. The molecule has 0 saturated heterocycles. The molecular weight excluding hydrogens is 512 g/mol. The Bertz CT molecular complexity index is 2370. The summed E-state index contributed by atoms with van der Waals surface area (Å²) >= 11 is 0. The molecule has 1 aliphatic carbocycles. The first-order valence-electron chi connectivity index (χ1n) is 14.3. The molecule has 0 saturated carbocycles. The minimum Gasteiger partial charge on any atom is -0.268 e. The van der Waals surface area contributed by atoms with Gasteiger partial charge in [-0.05, 0) is 56.5 Å². The molecule has 3 nitrogen and oxygen atoms in total. The summed E-state index contributed by atoms with van der Waals surface area (Å²) in [4.78, 5) is 19.5. The maximum absolute atomic E-state index is 14.1. The Balaban J connectivity index is 1.43. The quantitative estimate of drug-likeness (QED) is 0.211. The molecule has 0 amide bonds. The van der Waals surface area contributed by atoms with Crippen LogP contribution in [0.4, 0.5) is 0 Å². The Morgan fingerprint density at radius 3 is 2.02 bits per heavy atom. The summed E-state index contributed by atoms with van der Waals surface area (Å²) in [6.07, 6.45) is 0. The summed E-state index contributed by atoms with van der Waals surface area (Å²) in [7, 11) is 0. The van der Waals surface area contributed by atoms with Crippen LogP contribution in [-0.2, 0) is 0 Å². The standard InChI is InChI=1S/C39H24N2O/c42-39-31-21-10-8-19-29(31)33-23-32-28-18-7-9-20-30(28)34(27-17-11-16-26(22-27)24-12-3-1-4-13-24)35(32)36-37(33)41(39)38(40-36)25-14-5-2-6-15-25/h1-23,34H. The molecule has 0 spiro atoms. The van der Waals surface area contributed by atoms with Crippen LogP contribution in [0, 0.1) is 0 Å². The fraction of sp³-hybridized carbons (Fsp3) is 0.0256. The third kappa shape index (κ3) is 3.16. The molecule has 9 rings (SSSR count). The van der Waals surface area contributed by atoms with Gasteiger partial charge in [-0.3, -0.25) is 9.20 Å². The lowest BCUT2D eigenvalue weighted by molar-refractivity contribution is 1.02. The molecule has 2 heterocycles. The van der Waals surface area contributed by atoms with E-state index in [1.807, 2.05) is 52.9 Å². The second kappa shape index (κ2) is 8.73. The molecule has 8 aromatic rings. The first-order chi connectivity index (χ1) is 20.8. The molecule has 0 fully saturated rings. The fourth-order valence-electron chi connectivity index (χ4n) is 7.02. The monoisotopic (exact) mass is 536 g/mol. The van der Waals surface area contributed by atoms with Crippen molar-refractivity contribution in [3.05, 3.63) is 167 Å². The van der Waals surface area contributed by atoms with E-state index in [0.717, 1.165) is 27.4 Å². The molecule has 1 aliphatic rings. The van der Waals surface area contributed by atoms with Crippen molar-refractivity contribution in [1.82, 2.24) is 9.38 Å². The third-order valence-electron chi connectivity index (χ3n) is 8.83. The molecule has 1 atom stereocenters. The number of hydrogen-bond acceptors (Lipinski definition) is 2. The van der Waals surface area contributed by atoms with E-state index in [1.165, 1.54) is 38.9 Å². The highest BCUT2D eigenvalue weighted by Crippen LogP contribution is 2.52. The molecular formula is C39H24N2O. The van der Waals surface area contributed by atoms with Crippen molar-refractivity contribution in [2.24, 2.45) is 0 Å². The highest BCUT2D eigenvalue weighted by molar-refractivity contribution is 6.15. The molecule has 0 aliphatic heterocycles. The van der Waals surface area contributed by atoms with Crippen LogP contribution in [0.2, 0.25) is 0 Å². The van der Waals surface area contributed by atoms with Crippen molar-refractivity contribution in [3.63, 3.8) is 0 Å². The van der Waals surface area contributed by atoms with E-state index in [2.05, 4.69) is 91.0 Å². The Morgan fingerprint density at radius 2 is 1.21 bits per heavy atom. The zero-order valence-corrected chi connectivity index (χ0v) is 22.7. The highest BCUT2D eigenvalue weighted by atomic mass is 16.1. The van der Waals surface area contributed by atoms with Crippen molar-refractivity contribution >= 4 is 27.2 Å². The van der Waals surface area contributed by atoms with Crippen molar-refractivity contribution < 1.29 is 0 Å². The van der Waals surface area contributed by atoms with Gasteiger partial charge >= 0.3 is 0 Å². The van der Waals surface area contributed by atoms with Crippen LogP contribution in [0.1, 0.15) is 22.6 Å². The summed E-state index contributed by atoms with van der Waals surface area (Å²) in [5.41, 5.74) is 11.2. The Morgan fingerprint density at radius 1 is 0.548 bits per heavy atom. The normalized spacial score (nSPS) is 14.0. The number of benzene rings is 6. The van der Waals surface area contributed by atoms with Crippen LogP contribution < -0.4 is 5.56 Å². The largest absolute Gasteiger partial charge is 0.268 e. The fourth-order valence-corrected chi connectivity index (χ4v) is 7.02. The van der Waals surface area contributed by atoms with Gasteiger partial charge in [-0.1, -0.05) is 127 Å². The molecule has 6 aromatic carbocycles. The highest BCUT2D eigenvalue weighted by Gasteiger charge is 2.35. The van der Waals surface area contributed by atoms with E-state index in [-0.39, 0.29) is 11.5 Å². The van der Waals surface area contributed by atoms with E-state index in [1.54, 1.807) is 0 Å². The van der Waals surface area contributed by atoms with E-state index in [0.29, 0.717) is 11.2 Å². The Kier molecular flexibility index (Phi) is 4.82. The number of aromatic nitrogens is 2. The van der Waals surface area contributed by atoms with Gasteiger partial charge in [-0.15, -0.1) is 0 Å². The van der Waals surface area contributed by atoms with Gasteiger partial charge in [0.2, 0.25) is 0 Å². The smallest absolute Gasteiger partial charge is 0.264 e. The second-order valence-electron chi connectivity index (χ2n) is 11.1. The lowest BCUT2D eigenvalue weighted by atomic mass is 9.86. The average molecular weight is 537 g/mol. The molecule has 3 heteroatoms. The maximum atomic E-state index is 14.1. The average Bonchev–Trinajstić information content (AvgIpc) is 3.62. The zero-order chi connectivity index (χ0) is 27.8. The molecule has 196 valence electrons. The SMILES string of the molecule is O=c1c2ccccc2c2cc3c(c4nc(-c5ccccc5)n1c42)C(c1cccc(-c2ccccc2)c1)c1ccccc1-3. The minimum atomic E-state index is -0.0301. The van der Waals surface area contributed by atoms with Crippen LogP contribution in [0.5, 0.6) is 0 Å². The van der Waals surface area contributed by atoms with Gasteiger partial charge in [0.15, 0.2) is 0 Å². The van der Waals surface area contributed by atoms with Crippen LogP contribution >= 0.6 is 0 Å². The van der Waals surface area contributed by atoms with Gasteiger partial charge in [-0.25, -0.2) is 4.98 Å². The van der Waals surface area contributed by atoms with Crippen LogP contribution in [0.25, 0.3) is 60.8 Å². The third-order valence-corrected chi connectivity index (χ3v) is 8.83. The number of imidazole rings is 1. The van der Waals surface area contributed by atoms with Crippen molar-refractivity contribution in [2.75, 3.05) is 0 Å². The zero-order valence-electron chi connectivity index (χ0n) is 22.7. The predicted molar refractivity (Wildman–Crippen MR) is 171 cm³/mol. The van der Waals surface area contributed by atoms with Gasteiger partial charge in [-0.2, -0.15) is 0 Å². The summed E-state index contributed by atoms with van der Waals surface area (Å²) < 4.78 is 1.85. The Labute approximate surface area is 242 Å². The van der Waals surface area contributed by atoms with E-state index in [4.69, 9.17) is 4.98 Å². The van der Waals surface area contributed by atoms with Crippen LogP contribution in [0.15, 0.2) is 144 Å². The van der Waals surface area contributed by atoms with E-state index < -0.39 is 0 Å². The number of fused-ring (bicyclic) bond motifs is 6. The summed E-state index contributed by atoms with van der Waals surface area (Å²) in [5.74, 6) is 0.681. The van der Waals surface area contributed by atoms with Crippen LogP contribution in [0.3, 0.4) is 0 Å².